The van der Waals surface area contributed by atoms with Crippen LogP contribution in [-0.2, 0) is 17.6 Å². The molecule has 0 saturated heterocycles. The van der Waals surface area contributed by atoms with Crippen LogP contribution in [0.5, 0.6) is 0 Å². The number of rotatable bonds is 9. The first kappa shape index (κ1) is 20.5. The lowest BCUT2D eigenvalue weighted by molar-refractivity contribution is -0.121. The molecule has 0 saturated carbocycles. The second kappa shape index (κ2) is 9.80. The Morgan fingerprint density at radius 1 is 0.903 bits per heavy atom. The Bertz CT molecular complexity index is 1120. The second-order valence-electron chi connectivity index (χ2n) is 7.21. The molecule has 31 heavy (non-hydrogen) atoms. The quantitative estimate of drug-likeness (QED) is 0.442. The van der Waals surface area contributed by atoms with E-state index in [9.17, 15) is 4.79 Å². The molecule has 0 unspecified atom stereocenters. The fourth-order valence-electron chi connectivity index (χ4n) is 3.03. The van der Waals surface area contributed by atoms with Gasteiger partial charge in [-0.15, -0.1) is 0 Å². The Labute approximate surface area is 179 Å². The van der Waals surface area contributed by atoms with E-state index < -0.39 is 0 Å². The largest absolute Gasteiger partial charge is 0.356 e. The Balaban J connectivity index is 1.17. The lowest BCUT2D eigenvalue weighted by Crippen LogP contribution is -2.25. The van der Waals surface area contributed by atoms with Crippen molar-refractivity contribution >= 4 is 5.91 Å². The molecule has 0 fully saturated rings. The zero-order valence-corrected chi connectivity index (χ0v) is 17.2. The summed E-state index contributed by atoms with van der Waals surface area (Å²) in [6, 6.07) is 17.5. The van der Waals surface area contributed by atoms with Gasteiger partial charge in [-0.1, -0.05) is 58.3 Å². The Morgan fingerprint density at radius 3 is 2.52 bits per heavy atom. The van der Waals surface area contributed by atoms with Gasteiger partial charge in [-0.3, -0.25) is 4.79 Å². The van der Waals surface area contributed by atoms with Crippen molar-refractivity contribution in [2.24, 2.45) is 0 Å². The van der Waals surface area contributed by atoms with Crippen LogP contribution in [0.25, 0.3) is 22.8 Å². The molecular weight excluding hydrogens is 394 g/mol. The molecule has 158 valence electrons. The van der Waals surface area contributed by atoms with E-state index in [1.807, 2.05) is 61.5 Å². The number of carbonyl (C=O) groups excluding carboxylic acids is 1. The summed E-state index contributed by atoms with van der Waals surface area (Å²) < 4.78 is 10.6. The van der Waals surface area contributed by atoms with E-state index in [4.69, 9.17) is 9.05 Å². The Hall–Kier alpha value is -3.81. The van der Waals surface area contributed by atoms with Crippen LogP contribution >= 0.6 is 0 Å². The van der Waals surface area contributed by atoms with Gasteiger partial charge in [0.25, 0.3) is 5.89 Å². The zero-order chi connectivity index (χ0) is 21.5. The minimum atomic E-state index is -0.0370. The van der Waals surface area contributed by atoms with E-state index >= 15 is 0 Å². The molecule has 2 aromatic heterocycles. The first-order valence-corrected chi connectivity index (χ1v) is 10.2. The van der Waals surface area contributed by atoms with Gasteiger partial charge in [-0.25, -0.2) is 0 Å². The number of hydrogen-bond acceptors (Lipinski definition) is 7. The van der Waals surface area contributed by atoms with Crippen LogP contribution < -0.4 is 5.32 Å². The number of benzene rings is 2. The summed E-state index contributed by atoms with van der Waals surface area (Å²) >= 11 is 0. The monoisotopic (exact) mass is 417 g/mol. The molecule has 4 rings (SSSR count). The molecule has 0 bridgehead atoms. The number of amides is 1. The average Bonchev–Trinajstić information content (AvgIpc) is 3.45. The highest BCUT2D eigenvalue weighted by Gasteiger charge is 2.11. The van der Waals surface area contributed by atoms with Gasteiger partial charge >= 0.3 is 0 Å². The summed E-state index contributed by atoms with van der Waals surface area (Å²) in [5, 5.41) is 10.8. The predicted molar refractivity (Wildman–Crippen MR) is 114 cm³/mol. The van der Waals surface area contributed by atoms with Crippen LogP contribution in [0.1, 0.15) is 30.1 Å². The third kappa shape index (κ3) is 5.63. The molecule has 0 radical (unpaired) electrons. The maximum atomic E-state index is 12.1. The molecule has 8 heteroatoms. The Morgan fingerprint density at radius 2 is 1.71 bits per heavy atom. The van der Waals surface area contributed by atoms with Crippen molar-refractivity contribution in [1.82, 2.24) is 25.6 Å². The number of carbonyl (C=O) groups is 1. The molecule has 0 aliphatic carbocycles. The summed E-state index contributed by atoms with van der Waals surface area (Å²) in [4.78, 5) is 20.8. The fraction of sp³-hybridized carbons (Fsp3) is 0.261. The van der Waals surface area contributed by atoms with Gasteiger partial charge in [0.1, 0.15) is 0 Å². The van der Waals surface area contributed by atoms with Crippen molar-refractivity contribution in [2.45, 2.75) is 32.6 Å². The molecule has 2 aromatic carbocycles. The first-order chi connectivity index (χ1) is 15.2. The summed E-state index contributed by atoms with van der Waals surface area (Å²) in [7, 11) is 0. The smallest absolute Gasteiger partial charge is 0.257 e. The third-order valence-electron chi connectivity index (χ3n) is 4.73. The van der Waals surface area contributed by atoms with Gasteiger partial charge in [0.15, 0.2) is 5.82 Å². The molecule has 1 N–H and O–H groups in total. The molecule has 0 atom stereocenters. The Kier molecular flexibility index (Phi) is 6.47. The number of aromatic nitrogens is 4. The summed E-state index contributed by atoms with van der Waals surface area (Å²) in [5.74, 6) is 2.10. The van der Waals surface area contributed by atoms with Gasteiger partial charge in [-0.2, -0.15) is 9.97 Å². The van der Waals surface area contributed by atoms with Gasteiger partial charge in [0.05, 0.1) is 0 Å². The molecule has 4 aromatic rings. The van der Waals surface area contributed by atoms with Crippen molar-refractivity contribution in [2.75, 3.05) is 6.54 Å². The van der Waals surface area contributed by atoms with E-state index in [1.54, 1.807) is 0 Å². The molecular formula is C23H23N5O3. The van der Waals surface area contributed by atoms with Gasteiger partial charge < -0.3 is 14.4 Å². The van der Waals surface area contributed by atoms with Gasteiger partial charge in [0.2, 0.25) is 17.6 Å². The number of hydrogen-bond donors (Lipinski definition) is 1. The fourth-order valence-corrected chi connectivity index (χ4v) is 3.03. The summed E-state index contributed by atoms with van der Waals surface area (Å²) in [5.41, 5.74) is 2.96. The van der Waals surface area contributed by atoms with Gasteiger partial charge in [-0.05, 0) is 25.5 Å². The predicted octanol–water partition coefficient (Wildman–Crippen LogP) is 3.78. The van der Waals surface area contributed by atoms with E-state index in [2.05, 4.69) is 25.6 Å². The van der Waals surface area contributed by atoms with Crippen molar-refractivity contribution in [3.8, 4) is 22.8 Å². The minimum Gasteiger partial charge on any atom is -0.356 e. The van der Waals surface area contributed by atoms with E-state index in [0.717, 1.165) is 11.1 Å². The molecule has 1 amide bonds. The molecule has 2 heterocycles. The van der Waals surface area contributed by atoms with Crippen LogP contribution in [0.3, 0.4) is 0 Å². The highest BCUT2D eigenvalue weighted by Crippen LogP contribution is 2.17. The van der Waals surface area contributed by atoms with Crippen molar-refractivity contribution in [3.63, 3.8) is 0 Å². The van der Waals surface area contributed by atoms with Crippen molar-refractivity contribution in [1.29, 1.82) is 0 Å². The van der Waals surface area contributed by atoms with Crippen LogP contribution in [-0.4, -0.2) is 32.7 Å². The summed E-state index contributed by atoms with van der Waals surface area (Å²) in [6.07, 6.45) is 2.06. The maximum absolute atomic E-state index is 12.1. The zero-order valence-electron chi connectivity index (χ0n) is 17.2. The van der Waals surface area contributed by atoms with Crippen molar-refractivity contribution < 1.29 is 13.8 Å². The minimum absolute atomic E-state index is 0.0370. The average molecular weight is 417 g/mol. The molecule has 0 aliphatic rings. The molecule has 0 aliphatic heterocycles. The van der Waals surface area contributed by atoms with E-state index in [1.165, 1.54) is 5.56 Å². The van der Waals surface area contributed by atoms with Crippen LogP contribution in [0.15, 0.2) is 63.6 Å². The lowest BCUT2D eigenvalue weighted by atomic mass is 10.1. The van der Waals surface area contributed by atoms with Gasteiger partial charge in [0, 0.05) is 36.9 Å². The van der Waals surface area contributed by atoms with Crippen LogP contribution in [0.2, 0.25) is 0 Å². The lowest BCUT2D eigenvalue weighted by Gasteiger charge is -2.02. The molecule has 0 spiro atoms. The number of aryl methyl sites for hydroxylation is 2. The van der Waals surface area contributed by atoms with E-state index in [-0.39, 0.29) is 5.91 Å². The number of nitrogens with zero attached hydrogens (tertiary/aromatic N) is 4. The summed E-state index contributed by atoms with van der Waals surface area (Å²) in [6.45, 7) is 2.48. The maximum Gasteiger partial charge on any atom is 0.257 e. The normalized spacial score (nSPS) is 10.9. The topological polar surface area (TPSA) is 107 Å². The van der Waals surface area contributed by atoms with Crippen LogP contribution in [0.4, 0.5) is 0 Å². The second-order valence-corrected chi connectivity index (χ2v) is 7.21. The van der Waals surface area contributed by atoms with Crippen LogP contribution in [0, 0.1) is 6.92 Å². The molecule has 8 nitrogen and oxygen atoms in total. The highest BCUT2D eigenvalue weighted by molar-refractivity contribution is 5.75. The standard InChI is InChI=1S/C23H23N5O3/c1-16-10-12-17(13-11-16)22-26-21(30-28-22)9-5-8-20(29)24-15-14-19-25-23(31-27-19)18-6-3-2-4-7-18/h2-4,6-7,10-13H,5,8-9,14-15H2,1H3,(H,24,29). The van der Waals surface area contributed by atoms with Crippen molar-refractivity contribution in [3.05, 3.63) is 71.9 Å². The highest BCUT2D eigenvalue weighted by atomic mass is 16.5. The number of nitrogens with one attached hydrogen (secondary N) is 1. The SMILES string of the molecule is Cc1ccc(-c2noc(CCCC(=O)NCCc3noc(-c4ccccc4)n3)n2)cc1. The third-order valence-corrected chi connectivity index (χ3v) is 4.73. The van der Waals surface area contributed by atoms with E-state index in [0.29, 0.717) is 55.7 Å². The first-order valence-electron chi connectivity index (χ1n) is 10.2.